The molecule has 0 amide bonds. The minimum atomic E-state index is -0.444. The van der Waals surface area contributed by atoms with Crippen molar-refractivity contribution >= 4 is 5.97 Å². The van der Waals surface area contributed by atoms with Crippen LogP contribution in [0.15, 0.2) is 12.1 Å². The molecule has 0 bridgehead atoms. The quantitative estimate of drug-likeness (QED) is 0.774. The van der Waals surface area contributed by atoms with Gasteiger partial charge in [-0.1, -0.05) is 0 Å². The van der Waals surface area contributed by atoms with Gasteiger partial charge in [-0.25, -0.2) is 9.78 Å². The van der Waals surface area contributed by atoms with E-state index in [1.807, 2.05) is 6.07 Å². The highest BCUT2D eigenvalue weighted by Gasteiger charge is 2.26. The average Bonchev–Trinajstić information content (AvgIpc) is 3.16. The highest BCUT2D eigenvalue weighted by Crippen LogP contribution is 2.35. The van der Waals surface area contributed by atoms with Crippen LogP contribution >= 0.6 is 0 Å². The number of carbonyl (C=O) groups is 1. The number of nitrogens with zero attached hydrogens (tertiary/aromatic N) is 1. The Morgan fingerprint density at radius 2 is 2.25 bits per heavy atom. The van der Waals surface area contributed by atoms with E-state index in [4.69, 9.17) is 14.2 Å². The maximum atomic E-state index is 11.6. The Kier molecular flexibility index (Phi) is 3.87. The standard InChI is InChI=1S/C15H19NO4/c1-18-15(17)12-7-6-11(13-3-2-8-19-13)14(16-12)20-9-10-4-5-10/h6-7,10,13H,2-5,8-9H2,1H3. The number of aromatic nitrogens is 1. The normalized spacial score (nSPS) is 21.8. The molecule has 2 heterocycles. The predicted octanol–water partition coefficient (Wildman–Crippen LogP) is 2.51. The first-order valence-corrected chi connectivity index (χ1v) is 7.11. The van der Waals surface area contributed by atoms with Gasteiger partial charge < -0.3 is 14.2 Å². The third-order valence-corrected chi connectivity index (χ3v) is 3.71. The van der Waals surface area contributed by atoms with Crippen LogP contribution in [0.2, 0.25) is 0 Å². The summed E-state index contributed by atoms with van der Waals surface area (Å²) >= 11 is 0. The third-order valence-electron chi connectivity index (χ3n) is 3.71. The SMILES string of the molecule is COC(=O)c1ccc(C2CCCO2)c(OCC2CC2)n1. The number of methoxy groups -OCH3 is 1. The predicted molar refractivity (Wildman–Crippen MR) is 71.7 cm³/mol. The van der Waals surface area contributed by atoms with Crippen molar-refractivity contribution in [1.82, 2.24) is 4.98 Å². The van der Waals surface area contributed by atoms with Crippen LogP contribution < -0.4 is 4.74 Å². The maximum absolute atomic E-state index is 11.6. The summed E-state index contributed by atoms with van der Waals surface area (Å²) in [5.41, 5.74) is 1.22. The molecule has 1 aliphatic carbocycles. The van der Waals surface area contributed by atoms with Crippen molar-refractivity contribution in [3.8, 4) is 5.88 Å². The smallest absolute Gasteiger partial charge is 0.356 e. The van der Waals surface area contributed by atoms with Gasteiger partial charge in [0.2, 0.25) is 5.88 Å². The van der Waals surface area contributed by atoms with Crippen molar-refractivity contribution in [2.45, 2.75) is 31.8 Å². The van der Waals surface area contributed by atoms with Gasteiger partial charge in [0, 0.05) is 12.2 Å². The number of hydrogen-bond donors (Lipinski definition) is 0. The molecule has 2 aliphatic rings. The summed E-state index contributed by atoms with van der Waals surface area (Å²) in [5.74, 6) is 0.711. The average molecular weight is 277 g/mol. The van der Waals surface area contributed by atoms with Crippen LogP contribution in [0.4, 0.5) is 0 Å². The molecule has 0 radical (unpaired) electrons. The third kappa shape index (κ3) is 2.93. The Balaban J connectivity index is 1.83. The molecule has 0 aromatic carbocycles. The maximum Gasteiger partial charge on any atom is 0.356 e. The van der Waals surface area contributed by atoms with E-state index in [0.717, 1.165) is 25.0 Å². The van der Waals surface area contributed by atoms with E-state index >= 15 is 0 Å². The van der Waals surface area contributed by atoms with Crippen LogP contribution in [-0.4, -0.2) is 31.3 Å². The van der Waals surface area contributed by atoms with Gasteiger partial charge in [-0.15, -0.1) is 0 Å². The van der Waals surface area contributed by atoms with Gasteiger partial charge >= 0.3 is 5.97 Å². The Hall–Kier alpha value is -1.62. The molecule has 5 heteroatoms. The fourth-order valence-electron chi connectivity index (χ4n) is 2.33. The molecule has 1 saturated heterocycles. The Bertz CT molecular complexity index is 493. The Morgan fingerprint density at radius 1 is 1.40 bits per heavy atom. The molecule has 1 aromatic rings. The van der Waals surface area contributed by atoms with Crippen molar-refractivity contribution in [1.29, 1.82) is 0 Å². The molecule has 1 atom stereocenters. The number of ether oxygens (including phenoxy) is 3. The minimum Gasteiger partial charge on any atom is -0.477 e. The summed E-state index contributed by atoms with van der Waals surface area (Å²) in [7, 11) is 1.35. The van der Waals surface area contributed by atoms with Crippen LogP contribution in [0.3, 0.4) is 0 Å². The van der Waals surface area contributed by atoms with Crippen molar-refractivity contribution in [2.75, 3.05) is 20.3 Å². The Labute approximate surface area is 118 Å². The number of esters is 1. The second-order valence-corrected chi connectivity index (χ2v) is 5.34. The lowest BCUT2D eigenvalue weighted by atomic mass is 10.1. The van der Waals surface area contributed by atoms with E-state index in [1.165, 1.54) is 20.0 Å². The number of hydrogen-bond acceptors (Lipinski definition) is 5. The fourth-order valence-corrected chi connectivity index (χ4v) is 2.33. The molecule has 5 nitrogen and oxygen atoms in total. The van der Waals surface area contributed by atoms with E-state index in [2.05, 4.69) is 4.98 Å². The lowest BCUT2D eigenvalue weighted by Gasteiger charge is -2.15. The second-order valence-electron chi connectivity index (χ2n) is 5.34. The van der Waals surface area contributed by atoms with E-state index in [1.54, 1.807) is 6.07 Å². The monoisotopic (exact) mass is 277 g/mol. The summed E-state index contributed by atoms with van der Waals surface area (Å²) in [6.45, 7) is 1.43. The van der Waals surface area contributed by atoms with E-state index in [-0.39, 0.29) is 11.8 Å². The highest BCUT2D eigenvalue weighted by molar-refractivity contribution is 5.87. The van der Waals surface area contributed by atoms with Crippen LogP contribution in [-0.2, 0) is 9.47 Å². The molecular weight excluding hydrogens is 258 g/mol. The van der Waals surface area contributed by atoms with Gasteiger partial charge in [0.15, 0.2) is 5.69 Å². The molecule has 20 heavy (non-hydrogen) atoms. The summed E-state index contributed by atoms with van der Waals surface area (Å²) in [4.78, 5) is 15.9. The van der Waals surface area contributed by atoms with Crippen molar-refractivity contribution in [3.05, 3.63) is 23.4 Å². The molecule has 1 unspecified atom stereocenters. The molecule has 2 fully saturated rings. The summed E-state index contributed by atoms with van der Waals surface area (Å²) in [6.07, 6.45) is 4.48. The largest absolute Gasteiger partial charge is 0.477 e. The van der Waals surface area contributed by atoms with E-state index in [0.29, 0.717) is 18.4 Å². The topological polar surface area (TPSA) is 57.7 Å². The lowest BCUT2D eigenvalue weighted by molar-refractivity contribution is 0.0591. The zero-order chi connectivity index (χ0) is 13.9. The molecule has 3 rings (SSSR count). The van der Waals surface area contributed by atoms with Crippen molar-refractivity contribution in [3.63, 3.8) is 0 Å². The number of pyridine rings is 1. The molecule has 1 aromatic heterocycles. The summed E-state index contributed by atoms with van der Waals surface area (Å²) in [5, 5.41) is 0. The van der Waals surface area contributed by atoms with Gasteiger partial charge in [0.05, 0.1) is 19.8 Å². The lowest BCUT2D eigenvalue weighted by Crippen LogP contribution is -2.11. The molecule has 0 N–H and O–H groups in total. The molecule has 0 spiro atoms. The summed E-state index contributed by atoms with van der Waals surface area (Å²) in [6, 6.07) is 3.55. The van der Waals surface area contributed by atoms with Gasteiger partial charge in [-0.2, -0.15) is 0 Å². The van der Waals surface area contributed by atoms with E-state index < -0.39 is 5.97 Å². The highest BCUT2D eigenvalue weighted by atomic mass is 16.5. The molecule has 108 valence electrons. The first kappa shape index (κ1) is 13.4. The van der Waals surface area contributed by atoms with E-state index in [9.17, 15) is 4.79 Å². The minimum absolute atomic E-state index is 0.0309. The first-order chi connectivity index (χ1) is 9.78. The zero-order valence-electron chi connectivity index (χ0n) is 11.6. The van der Waals surface area contributed by atoms with Gasteiger partial charge in [0.1, 0.15) is 0 Å². The van der Waals surface area contributed by atoms with Gasteiger partial charge in [-0.3, -0.25) is 0 Å². The second kappa shape index (κ2) is 5.79. The molecular formula is C15H19NO4. The first-order valence-electron chi connectivity index (χ1n) is 7.11. The van der Waals surface area contributed by atoms with Gasteiger partial charge in [0.25, 0.3) is 0 Å². The van der Waals surface area contributed by atoms with Crippen LogP contribution in [0.25, 0.3) is 0 Å². The van der Waals surface area contributed by atoms with Crippen LogP contribution in [0.1, 0.15) is 47.8 Å². The molecule has 1 saturated carbocycles. The van der Waals surface area contributed by atoms with Crippen molar-refractivity contribution in [2.24, 2.45) is 5.92 Å². The fraction of sp³-hybridized carbons (Fsp3) is 0.600. The number of rotatable bonds is 5. The summed E-state index contributed by atoms with van der Waals surface area (Å²) < 4.78 is 16.2. The van der Waals surface area contributed by atoms with Crippen LogP contribution in [0, 0.1) is 5.92 Å². The molecule has 1 aliphatic heterocycles. The van der Waals surface area contributed by atoms with Gasteiger partial charge in [-0.05, 0) is 43.7 Å². The zero-order valence-corrected chi connectivity index (χ0v) is 11.6. The van der Waals surface area contributed by atoms with Crippen LogP contribution in [0.5, 0.6) is 5.88 Å². The Morgan fingerprint density at radius 3 is 2.90 bits per heavy atom. The van der Waals surface area contributed by atoms with Crippen molar-refractivity contribution < 1.29 is 19.0 Å². The number of carbonyl (C=O) groups excluding carboxylic acids is 1.